The molecule has 10 heteroatoms. The molecule has 8 nitrogen and oxygen atoms in total. The highest BCUT2D eigenvalue weighted by Gasteiger charge is 2.12. The van der Waals surface area contributed by atoms with Crippen LogP contribution in [0.4, 0.5) is 5.69 Å². The van der Waals surface area contributed by atoms with Crippen molar-refractivity contribution in [3.63, 3.8) is 0 Å². The van der Waals surface area contributed by atoms with Gasteiger partial charge in [0.2, 0.25) is 5.91 Å². The lowest BCUT2D eigenvalue weighted by atomic mass is 10.2. The fourth-order valence-electron chi connectivity index (χ4n) is 3.11. The maximum atomic E-state index is 12.3. The number of esters is 1. The molecule has 0 aliphatic heterocycles. The fraction of sp³-hybridized carbons (Fsp3) is 0.333. The number of carbonyl (C=O) groups is 2. The maximum Gasteiger partial charge on any atom is 0.338 e. The second-order valence-electron chi connectivity index (χ2n) is 7.45. The molecule has 3 rings (SSSR count). The number of halogens is 1. The van der Waals surface area contributed by atoms with Gasteiger partial charge in [0.15, 0.2) is 5.16 Å². The summed E-state index contributed by atoms with van der Waals surface area (Å²) in [5, 5.41) is 12.6. The summed E-state index contributed by atoms with van der Waals surface area (Å²) in [5.41, 5.74) is 2.04. The number of carbonyl (C=O) groups excluding carboxylic acids is 2. The Hall–Kier alpha value is -3.04. The number of aromatic nitrogens is 3. The molecule has 34 heavy (non-hydrogen) atoms. The molecule has 0 aliphatic rings. The molecule has 0 saturated heterocycles. The Morgan fingerprint density at radius 2 is 1.91 bits per heavy atom. The molecule has 0 saturated carbocycles. The first kappa shape index (κ1) is 25.6. The number of amides is 1. The van der Waals surface area contributed by atoms with E-state index in [2.05, 4.69) is 15.5 Å². The van der Waals surface area contributed by atoms with Gasteiger partial charge in [0.05, 0.1) is 24.5 Å². The first-order valence-corrected chi connectivity index (χ1v) is 12.2. The number of benzene rings is 2. The molecule has 0 spiro atoms. The minimum atomic E-state index is -0.388. The summed E-state index contributed by atoms with van der Waals surface area (Å²) in [6, 6.07) is 12.1. The molecule has 180 valence electrons. The Balaban J connectivity index is 1.43. The third-order valence-corrected chi connectivity index (χ3v) is 6.13. The Morgan fingerprint density at radius 1 is 1.15 bits per heavy atom. The van der Waals surface area contributed by atoms with Crippen molar-refractivity contribution in [3.05, 3.63) is 64.4 Å². The summed E-state index contributed by atoms with van der Waals surface area (Å²) in [4.78, 5) is 24.0. The molecule has 0 bridgehead atoms. The monoisotopic (exact) mass is 502 g/mol. The Morgan fingerprint density at radius 3 is 2.62 bits per heavy atom. The summed E-state index contributed by atoms with van der Waals surface area (Å²) in [6.45, 7) is 4.58. The molecule has 1 N–H and O–H groups in total. The Labute approximate surface area is 208 Å². The minimum absolute atomic E-state index is 0.176. The van der Waals surface area contributed by atoms with E-state index in [0.717, 1.165) is 23.6 Å². The molecule has 0 fully saturated rings. The largest absolute Gasteiger partial charge is 0.493 e. The zero-order valence-corrected chi connectivity index (χ0v) is 20.9. The van der Waals surface area contributed by atoms with Crippen LogP contribution in [0.3, 0.4) is 0 Å². The van der Waals surface area contributed by atoms with Crippen molar-refractivity contribution in [2.75, 3.05) is 24.3 Å². The highest BCUT2D eigenvalue weighted by atomic mass is 35.5. The number of nitrogens with zero attached hydrogens (tertiary/aromatic N) is 3. The van der Waals surface area contributed by atoms with E-state index in [1.54, 1.807) is 31.2 Å². The van der Waals surface area contributed by atoms with E-state index in [1.165, 1.54) is 11.8 Å². The van der Waals surface area contributed by atoms with Gasteiger partial charge in [-0.2, -0.15) is 0 Å². The van der Waals surface area contributed by atoms with Crippen LogP contribution in [0.1, 0.15) is 35.1 Å². The van der Waals surface area contributed by atoms with E-state index in [9.17, 15) is 9.59 Å². The van der Waals surface area contributed by atoms with Crippen molar-refractivity contribution < 1.29 is 19.1 Å². The Bertz CT molecular complexity index is 1130. The van der Waals surface area contributed by atoms with Gasteiger partial charge in [-0.1, -0.05) is 23.4 Å². The number of nitrogens with one attached hydrogen (secondary N) is 1. The van der Waals surface area contributed by atoms with Gasteiger partial charge < -0.3 is 19.4 Å². The van der Waals surface area contributed by atoms with Crippen molar-refractivity contribution in [2.24, 2.45) is 7.05 Å². The second kappa shape index (κ2) is 12.4. The molecular formula is C24H27ClN4O4S. The predicted octanol–water partition coefficient (Wildman–Crippen LogP) is 4.70. The fourth-order valence-corrected chi connectivity index (χ4v) is 4.06. The Kier molecular flexibility index (Phi) is 9.35. The molecular weight excluding hydrogens is 476 g/mol. The van der Waals surface area contributed by atoms with Crippen molar-refractivity contribution in [2.45, 2.75) is 31.8 Å². The third-order valence-electron chi connectivity index (χ3n) is 4.88. The lowest BCUT2D eigenvalue weighted by Crippen LogP contribution is -2.14. The zero-order chi connectivity index (χ0) is 24.5. The smallest absolute Gasteiger partial charge is 0.338 e. The van der Waals surface area contributed by atoms with E-state index in [0.29, 0.717) is 41.1 Å². The number of ether oxygens (including phenoxy) is 2. The number of anilines is 1. The number of thioether (sulfide) groups is 1. The van der Waals surface area contributed by atoms with Crippen LogP contribution in [0, 0.1) is 6.92 Å². The van der Waals surface area contributed by atoms with Crippen LogP contribution in [-0.4, -0.2) is 45.6 Å². The summed E-state index contributed by atoms with van der Waals surface area (Å²) in [5.74, 6) is 1.27. The van der Waals surface area contributed by atoms with Crippen LogP contribution in [0.25, 0.3) is 0 Å². The van der Waals surface area contributed by atoms with E-state index in [1.807, 2.05) is 36.7 Å². The molecule has 1 heterocycles. The third kappa shape index (κ3) is 7.23. The van der Waals surface area contributed by atoms with E-state index in [-0.39, 0.29) is 17.6 Å². The van der Waals surface area contributed by atoms with Gasteiger partial charge in [-0.3, -0.25) is 4.79 Å². The van der Waals surface area contributed by atoms with E-state index in [4.69, 9.17) is 21.1 Å². The molecule has 0 aliphatic carbocycles. The van der Waals surface area contributed by atoms with E-state index >= 15 is 0 Å². The average molecular weight is 503 g/mol. The SMILES string of the molecule is CCOC(=O)c1ccc(NC(=O)CSc2nnc(CCCOc3ccc(Cl)cc3C)n2C)cc1. The highest BCUT2D eigenvalue weighted by molar-refractivity contribution is 7.99. The maximum absolute atomic E-state index is 12.3. The molecule has 1 aromatic heterocycles. The van der Waals surface area contributed by atoms with Crippen LogP contribution < -0.4 is 10.1 Å². The van der Waals surface area contributed by atoms with Crippen LogP contribution in [-0.2, 0) is 23.0 Å². The second-order valence-corrected chi connectivity index (χ2v) is 8.83. The van der Waals surface area contributed by atoms with Crippen molar-refractivity contribution >= 4 is 40.9 Å². The summed E-state index contributed by atoms with van der Waals surface area (Å²) >= 11 is 7.28. The quantitative estimate of drug-likeness (QED) is 0.231. The lowest BCUT2D eigenvalue weighted by Gasteiger charge is -2.09. The summed E-state index contributed by atoms with van der Waals surface area (Å²) in [6.07, 6.45) is 1.48. The zero-order valence-electron chi connectivity index (χ0n) is 19.3. The molecule has 0 unspecified atom stereocenters. The standard InChI is InChI=1S/C24H27ClN4O4S/c1-4-32-23(31)17-7-10-19(11-8-17)26-22(30)15-34-24-28-27-21(29(24)3)6-5-13-33-20-12-9-18(25)14-16(20)2/h7-12,14H,4-6,13,15H2,1-3H3,(H,26,30). The molecule has 2 aromatic carbocycles. The molecule has 1 amide bonds. The number of rotatable bonds is 11. The first-order valence-electron chi connectivity index (χ1n) is 10.8. The van der Waals surface area contributed by atoms with Crippen molar-refractivity contribution in [1.29, 1.82) is 0 Å². The van der Waals surface area contributed by atoms with Crippen LogP contribution in [0.5, 0.6) is 5.75 Å². The van der Waals surface area contributed by atoms with Gasteiger partial charge in [-0.15, -0.1) is 10.2 Å². The summed E-state index contributed by atoms with van der Waals surface area (Å²) < 4.78 is 12.7. The van der Waals surface area contributed by atoms with Crippen molar-refractivity contribution in [1.82, 2.24) is 14.8 Å². The lowest BCUT2D eigenvalue weighted by molar-refractivity contribution is -0.113. The summed E-state index contributed by atoms with van der Waals surface area (Å²) in [7, 11) is 1.88. The molecule has 3 aromatic rings. The number of hydrogen-bond donors (Lipinski definition) is 1. The van der Waals surface area contributed by atoms with Crippen LogP contribution in [0.2, 0.25) is 5.02 Å². The van der Waals surface area contributed by atoms with Crippen LogP contribution >= 0.6 is 23.4 Å². The van der Waals surface area contributed by atoms with Gasteiger partial charge in [0, 0.05) is 24.2 Å². The molecule has 0 atom stereocenters. The van der Waals surface area contributed by atoms with Gasteiger partial charge in [0.1, 0.15) is 11.6 Å². The highest BCUT2D eigenvalue weighted by Crippen LogP contribution is 2.22. The van der Waals surface area contributed by atoms with Gasteiger partial charge in [0.25, 0.3) is 0 Å². The average Bonchev–Trinajstić information content (AvgIpc) is 3.16. The van der Waals surface area contributed by atoms with E-state index < -0.39 is 0 Å². The number of hydrogen-bond acceptors (Lipinski definition) is 7. The van der Waals surface area contributed by atoms with Crippen LogP contribution in [0.15, 0.2) is 47.6 Å². The predicted molar refractivity (Wildman–Crippen MR) is 133 cm³/mol. The minimum Gasteiger partial charge on any atom is -0.493 e. The van der Waals surface area contributed by atoms with Gasteiger partial charge in [-0.25, -0.2) is 4.79 Å². The number of aryl methyl sites for hydroxylation is 2. The van der Waals surface area contributed by atoms with Gasteiger partial charge >= 0.3 is 5.97 Å². The topological polar surface area (TPSA) is 95.3 Å². The molecule has 0 radical (unpaired) electrons. The van der Waals surface area contributed by atoms with Crippen molar-refractivity contribution in [3.8, 4) is 5.75 Å². The first-order chi connectivity index (χ1) is 16.4. The van der Waals surface area contributed by atoms with Gasteiger partial charge in [-0.05, 0) is 68.3 Å². The normalized spacial score (nSPS) is 10.7.